The summed E-state index contributed by atoms with van der Waals surface area (Å²) in [5.41, 5.74) is 8.91. The van der Waals surface area contributed by atoms with Gasteiger partial charge in [-0.1, -0.05) is 120 Å². The smallest absolute Gasteiger partial charge is 0.127 e. The van der Waals surface area contributed by atoms with E-state index >= 15 is 0 Å². The van der Waals surface area contributed by atoms with Gasteiger partial charge in [-0.25, -0.2) is 0 Å². The molecule has 2 heteroatoms. The Kier molecular flexibility index (Phi) is 5.32. The molecule has 2 N–H and O–H groups in total. The van der Waals surface area contributed by atoms with E-state index in [4.69, 9.17) is 0 Å². The fraction of sp³-hybridized carbons (Fsp3) is 0.273. The molecule has 0 spiro atoms. The zero-order valence-electron chi connectivity index (χ0n) is 21.5. The molecule has 5 rings (SSSR count). The van der Waals surface area contributed by atoms with E-state index in [9.17, 15) is 10.2 Å². The SMILES string of the molecule is CC(C)(C)c1cccc(-c2cccc3c2C(c2cccc(C(C)(C)C)c2O)c2ccccc2-3)c1O. The second kappa shape index (κ2) is 8.02. The van der Waals surface area contributed by atoms with Gasteiger partial charge < -0.3 is 10.2 Å². The normalized spacial score (nSPS) is 15.1. The number of rotatable bonds is 2. The quantitative estimate of drug-likeness (QED) is 0.276. The fourth-order valence-electron chi connectivity index (χ4n) is 5.58. The first-order chi connectivity index (χ1) is 16.5. The maximum Gasteiger partial charge on any atom is 0.127 e. The Morgan fingerprint density at radius 1 is 0.486 bits per heavy atom. The van der Waals surface area contributed by atoms with Crippen molar-refractivity contribution in [2.45, 2.75) is 58.3 Å². The van der Waals surface area contributed by atoms with Gasteiger partial charge in [-0.05, 0) is 49.8 Å². The minimum Gasteiger partial charge on any atom is -0.507 e. The Hall–Kier alpha value is -3.52. The van der Waals surface area contributed by atoms with Gasteiger partial charge in [0, 0.05) is 17.0 Å². The highest BCUT2D eigenvalue weighted by Gasteiger charge is 2.35. The number of phenolic OH excluding ortho intramolecular Hbond substituents is 2. The summed E-state index contributed by atoms with van der Waals surface area (Å²) >= 11 is 0. The molecule has 1 aliphatic carbocycles. The van der Waals surface area contributed by atoms with Gasteiger partial charge >= 0.3 is 0 Å². The molecule has 35 heavy (non-hydrogen) atoms. The third-order valence-electron chi connectivity index (χ3n) is 7.28. The van der Waals surface area contributed by atoms with Crippen LogP contribution in [0.15, 0.2) is 78.9 Å². The van der Waals surface area contributed by atoms with Gasteiger partial charge in [0.15, 0.2) is 0 Å². The summed E-state index contributed by atoms with van der Waals surface area (Å²) in [6.45, 7) is 12.7. The zero-order chi connectivity index (χ0) is 25.1. The van der Waals surface area contributed by atoms with Crippen LogP contribution in [0.25, 0.3) is 22.3 Å². The molecule has 0 fully saturated rings. The van der Waals surface area contributed by atoms with E-state index in [1.807, 2.05) is 30.3 Å². The van der Waals surface area contributed by atoms with Crippen LogP contribution >= 0.6 is 0 Å². The first-order valence-corrected chi connectivity index (χ1v) is 12.4. The van der Waals surface area contributed by atoms with Crippen molar-refractivity contribution in [3.8, 4) is 33.8 Å². The summed E-state index contributed by atoms with van der Waals surface area (Å²) in [5.74, 6) is 0.559. The summed E-state index contributed by atoms with van der Waals surface area (Å²) in [4.78, 5) is 0. The molecule has 1 aliphatic rings. The largest absolute Gasteiger partial charge is 0.507 e. The van der Waals surface area contributed by atoms with E-state index in [0.29, 0.717) is 11.5 Å². The fourth-order valence-corrected chi connectivity index (χ4v) is 5.58. The molecule has 2 nitrogen and oxygen atoms in total. The number of para-hydroxylation sites is 2. The zero-order valence-corrected chi connectivity index (χ0v) is 21.5. The summed E-state index contributed by atoms with van der Waals surface area (Å²) in [6, 6.07) is 27.0. The van der Waals surface area contributed by atoms with Gasteiger partial charge in [0.05, 0.1) is 0 Å². The van der Waals surface area contributed by atoms with Crippen LogP contribution in [-0.4, -0.2) is 10.2 Å². The van der Waals surface area contributed by atoms with Crippen LogP contribution in [0.5, 0.6) is 11.5 Å². The molecule has 0 bridgehead atoms. The van der Waals surface area contributed by atoms with Crippen LogP contribution in [0.2, 0.25) is 0 Å². The van der Waals surface area contributed by atoms with Crippen LogP contribution in [0.3, 0.4) is 0 Å². The van der Waals surface area contributed by atoms with E-state index in [0.717, 1.165) is 38.9 Å². The Balaban J connectivity index is 1.82. The van der Waals surface area contributed by atoms with Crippen molar-refractivity contribution in [1.29, 1.82) is 0 Å². The van der Waals surface area contributed by atoms with Crippen molar-refractivity contribution in [2.24, 2.45) is 0 Å². The molecular formula is C33H34O2. The molecule has 0 amide bonds. The second-order valence-corrected chi connectivity index (χ2v) is 11.7. The highest BCUT2D eigenvalue weighted by Crippen LogP contribution is 2.55. The molecule has 0 aromatic heterocycles. The molecule has 178 valence electrons. The summed E-state index contributed by atoms with van der Waals surface area (Å²) in [5, 5.41) is 23.0. The van der Waals surface area contributed by atoms with Crippen molar-refractivity contribution in [2.75, 3.05) is 0 Å². The lowest BCUT2D eigenvalue weighted by Crippen LogP contribution is -2.13. The lowest BCUT2D eigenvalue weighted by molar-refractivity contribution is 0.439. The number of aromatic hydroxyl groups is 2. The highest BCUT2D eigenvalue weighted by atomic mass is 16.3. The first-order valence-electron chi connectivity index (χ1n) is 12.4. The van der Waals surface area contributed by atoms with Crippen LogP contribution in [0, 0.1) is 0 Å². The standard InChI is InChI=1S/C33H34O2/c1-32(2,3)26-18-10-16-24(30(26)34)23-15-9-14-22-20-12-7-8-13-21(20)29(28(22)23)25-17-11-19-27(31(25)35)33(4,5)6/h7-19,29,34-35H,1-6H3. The molecule has 0 saturated heterocycles. The Morgan fingerprint density at radius 2 is 0.943 bits per heavy atom. The van der Waals surface area contributed by atoms with Crippen LogP contribution in [-0.2, 0) is 10.8 Å². The van der Waals surface area contributed by atoms with E-state index in [-0.39, 0.29) is 16.7 Å². The minimum atomic E-state index is -0.181. The second-order valence-electron chi connectivity index (χ2n) is 11.7. The molecule has 4 aromatic carbocycles. The predicted molar refractivity (Wildman–Crippen MR) is 145 cm³/mol. The molecule has 0 aliphatic heterocycles. The van der Waals surface area contributed by atoms with Crippen LogP contribution in [0.4, 0.5) is 0 Å². The number of hydrogen-bond acceptors (Lipinski definition) is 2. The Bertz CT molecular complexity index is 1430. The topological polar surface area (TPSA) is 40.5 Å². The van der Waals surface area contributed by atoms with Crippen LogP contribution in [0.1, 0.15) is 75.3 Å². The Morgan fingerprint density at radius 3 is 1.60 bits per heavy atom. The number of hydrogen-bond donors (Lipinski definition) is 2. The first kappa shape index (κ1) is 23.2. The van der Waals surface area contributed by atoms with E-state index in [2.05, 4.69) is 90.1 Å². The van der Waals surface area contributed by atoms with E-state index in [1.165, 1.54) is 11.1 Å². The van der Waals surface area contributed by atoms with Gasteiger partial charge in [0.1, 0.15) is 11.5 Å². The summed E-state index contributed by atoms with van der Waals surface area (Å²) < 4.78 is 0. The van der Waals surface area contributed by atoms with E-state index < -0.39 is 0 Å². The minimum absolute atomic E-state index is 0.127. The third-order valence-corrected chi connectivity index (χ3v) is 7.28. The molecule has 1 unspecified atom stereocenters. The average Bonchev–Trinajstić information content (AvgIpc) is 3.12. The lowest BCUT2D eigenvalue weighted by atomic mass is 9.79. The Labute approximate surface area is 208 Å². The number of benzene rings is 4. The van der Waals surface area contributed by atoms with Gasteiger partial charge in [-0.15, -0.1) is 0 Å². The van der Waals surface area contributed by atoms with Crippen molar-refractivity contribution in [3.05, 3.63) is 107 Å². The number of phenols is 2. The number of fused-ring (bicyclic) bond motifs is 3. The van der Waals surface area contributed by atoms with E-state index in [1.54, 1.807) is 0 Å². The van der Waals surface area contributed by atoms with Gasteiger partial charge in [-0.2, -0.15) is 0 Å². The highest BCUT2D eigenvalue weighted by molar-refractivity contribution is 5.90. The van der Waals surface area contributed by atoms with Gasteiger partial charge in [0.25, 0.3) is 0 Å². The molecule has 0 saturated carbocycles. The van der Waals surface area contributed by atoms with Crippen molar-refractivity contribution in [3.63, 3.8) is 0 Å². The molecular weight excluding hydrogens is 428 g/mol. The molecule has 1 atom stereocenters. The molecule has 0 heterocycles. The maximum atomic E-state index is 11.6. The van der Waals surface area contributed by atoms with Crippen molar-refractivity contribution >= 4 is 0 Å². The predicted octanol–water partition coefficient (Wildman–Crippen LogP) is 8.52. The lowest BCUT2D eigenvalue weighted by Gasteiger charge is -2.26. The van der Waals surface area contributed by atoms with Crippen LogP contribution < -0.4 is 0 Å². The molecule has 4 aromatic rings. The molecule has 0 radical (unpaired) electrons. The van der Waals surface area contributed by atoms with Gasteiger partial charge in [0.2, 0.25) is 0 Å². The summed E-state index contributed by atoms with van der Waals surface area (Å²) in [6.07, 6.45) is 0. The monoisotopic (exact) mass is 462 g/mol. The third kappa shape index (κ3) is 3.72. The average molecular weight is 463 g/mol. The van der Waals surface area contributed by atoms with Crippen molar-refractivity contribution in [1.82, 2.24) is 0 Å². The van der Waals surface area contributed by atoms with Crippen molar-refractivity contribution < 1.29 is 10.2 Å². The maximum absolute atomic E-state index is 11.6. The van der Waals surface area contributed by atoms with Gasteiger partial charge in [-0.3, -0.25) is 0 Å². The summed E-state index contributed by atoms with van der Waals surface area (Å²) in [7, 11) is 0.